The Morgan fingerprint density at radius 1 is 1.12 bits per heavy atom. The summed E-state index contributed by atoms with van der Waals surface area (Å²) in [5, 5.41) is 15.8. The van der Waals surface area contributed by atoms with Crippen LogP contribution in [0.1, 0.15) is 88.3 Å². The summed E-state index contributed by atoms with van der Waals surface area (Å²) in [6.07, 6.45) is -2.40. The van der Waals surface area contributed by atoms with Crippen molar-refractivity contribution >= 4 is 41.2 Å². The number of carboxylic acid groups (broad SMARTS) is 1. The second kappa shape index (κ2) is 12.7. The number of carboxylic acids is 1. The number of aryl methyl sites for hydroxylation is 1. The van der Waals surface area contributed by atoms with Crippen molar-refractivity contribution in [2.24, 2.45) is 7.05 Å². The van der Waals surface area contributed by atoms with Crippen molar-refractivity contribution < 1.29 is 27.9 Å². The molecule has 41 heavy (non-hydrogen) atoms. The van der Waals surface area contributed by atoms with E-state index in [1.54, 1.807) is 36.0 Å². The minimum absolute atomic E-state index is 0.00675. The van der Waals surface area contributed by atoms with E-state index in [9.17, 15) is 22.8 Å². The fourth-order valence-electron chi connectivity index (χ4n) is 5.40. The zero-order valence-corrected chi connectivity index (χ0v) is 24.0. The van der Waals surface area contributed by atoms with Gasteiger partial charge in [0, 0.05) is 41.2 Å². The van der Waals surface area contributed by atoms with E-state index in [0.29, 0.717) is 34.0 Å². The Morgan fingerprint density at radius 3 is 2.34 bits per heavy atom. The van der Waals surface area contributed by atoms with Gasteiger partial charge >= 0.3 is 12.1 Å². The summed E-state index contributed by atoms with van der Waals surface area (Å²) in [6.45, 7) is 2.04. The molecule has 4 rings (SSSR count). The first kappa shape index (κ1) is 30.7. The van der Waals surface area contributed by atoms with Crippen molar-refractivity contribution in [2.75, 3.05) is 6.54 Å². The number of amides is 1. The van der Waals surface area contributed by atoms with Gasteiger partial charge in [0.1, 0.15) is 0 Å². The van der Waals surface area contributed by atoms with Gasteiger partial charge in [0.2, 0.25) is 0 Å². The second-order valence-corrected chi connectivity index (χ2v) is 11.1. The summed E-state index contributed by atoms with van der Waals surface area (Å²) in [4.78, 5) is 23.3. The molecule has 1 aliphatic carbocycles. The van der Waals surface area contributed by atoms with Gasteiger partial charge < -0.3 is 10.4 Å². The van der Waals surface area contributed by atoms with E-state index in [1.807, 2.05) is 31.2 Å². The van der Waals surface area contributed by atoms with Crippen LogP contribution in [0.15, 0.2) is 54.1 Å². The number of nitrogens with zero attached hydrogens (tertiary/aromatic N) is 2. The number of alkyl halides is 4. The normalized spacial score (nSPS) is 16.5. The van der Waals surface area contributed by atoms with Crippen molar-refractivity contribution in [1.29, 1.82) is 0 Å². The summed E-state index contributed by atoms with van der Waals surface area (Å²) in [6, 6.07) is 14.2. The van der Waals surface area contributed by atoms with Crippen LogP contribution in [0.5, 0.6) is 0 Å². The van der Waals surface area contributed by atoms with Crippen LogP contribution in [0.3, 0.4) is 0 Å². The number of carbonyl (C=O) groups excluding carboxylic acids is 1. The Bertz CT molecular complexity index is 1430. The van der Waals surface area contributed by atoms with E-state index in [1.165, 1.54) is 6.08 Å². The molecule has 0 aliphatic heterocycles. The van der Waals surface area contributed by atoms with E-state index < -0.39 is 34.9 Å². The van der Waals surface area contributed by atoms with Crippen LogP contribution in [-0.4, -0.2) is 39.5 Å². The number of aliphatic carboxylic acids is 1. The molecule has 0 fully saturated rings. The number of halogens is 5. The molecule has 1 aromatic heterocycles. The molecule has 0 spiro atoms. The summed E-state index contributed by atoms with van der Waals surface area (Å²) in [5.74, 6) is -2.05. The van der Waals surface area contributed by atoms with Gasteiger partial charge in [-0.25, -0.2) is 0 Å². The Hall–Kier alpha value is -3.30. The standard InChI is InChI=1S/C30H30Cl2F3N3O3/c1-3-4-22(17-5-7-19(8-6-17)29(41)36-14-13-25(39)40)26(18-9-11-21(31)12-10-18)27-23-15-20(30(33,34)35)16-24(32)28(23)38(2)37-27/h5-12,15,22,24,26H,3-4,13-14,16H2,1-2H3,(H,36,41)(H,39,40). The van der Waals surface area contributed by atoms with Crippen molar-refractivity contribution in [3.63, 3.8) is 0 Å². The van der Waals surface area contributed by atoms with Crippen LogP contribution in [-0.2, 0) is 11.8 Å². The second-order valence-electron chi connectivity index (χ2n) is 10.1. The van der Waals surface area contributed by atoms with Gasteiger partial charge in [-0.2, -0.15) is 18.3 Å². The number of carbonyl (C=O) groups is 2. The minimum atomic E-state index is -4.52. The molecule has 3 unspecified atom stereocenters. The van der Waals surface area contributed by atoms with E-state index in [-0.39, 0.29) is 25.3 Å². The number of benzene rings is 2. The molecule has 0 radical (unpaired) electrons. The van der Waals surface area contributed by atoms with Crippen LogP contribution >= 0.6 is 23.2 Å². The zero-order valence-electron chi connectivity index (χ0n) is 22.5. The third-order valence-electron chi connectivity index (χ3n) is 7.29. The van der Waals surface area contributed by atoms with Crippen LogP contribution < -0.4 is 5.32 Å². The Labute approximate surface area is 246 Å². The molecule has 3 aromatic rings. The summed E-state index contributed by atoms with van der Waals surface area (Å²) < 4.78 is 43.1. The average Bonchev–Trinajstić information content (AvgIpc) is 3.25. The maximum absolute atomic E-state index is 13.8. The number of rotatable bonds is 10. The molecule has 0 bridgehead atoms. The quantitative estimate of drug-likeness (QED) is 0.232. The number of hydrogen-bond donors (Lipinski definition) is 2. The minimum Gasteiger partial charge on any atom is -0.481 e. The van der Waals surface area contributed by atoms with Crippen LogP contribution in [0.2, 0.25) is 5.02 Å². The lowest BCUT2D eigenvalue weighted by Gasteiger charge is -2.29. The average molecular weight is 608 g/mol. The maximum Gasteiger partial charge on any atom is 0.412 e. The summed E-state index contributed by atoms with van der Waals surface area (Å²) in [5.41, 5.74) is 2.80. The largest absolute Gasteiger partial charge is 0.481 e. The molecule has 2 aromatic carbocycles. The number of nitrogens with one attached hydrogen (secondary N) is 1. The first-order chi connectivity index (χ1) is 19.4. The van der Waals surface area contributed by atoms with Gasteiger partial charge in [-0.15, -0.1) is 11.6 Å². The molecule has 0 saturated heterocycles. The third kappa shape index (κ3) is 6.96. The van der Waals surface area contributed by atoms with Gasteiger partial charge in [0.15, 0.2) is 0 Å². The van der Waals surface area contributed by atoms with Gasteiger partial charge in [0.05, 0.1) is 23.2 Å². The highest BCUT2D eigenvalue weighted by Gasteiger charge is 2.41. The predicted molar refractivity (Wildman–Crippen MR) is 152 cm³/mol. The Kier molecular flexibility index (Phi) is 9.49. The predicted octanol–water partition coefficient (Wildman–Crippen LogP) is 7.62. The van der Waals surface area contributed by atoms with Crippen molar-refractivity contribution in [1.82, 2.24) is 15.1 Å². The molecule has 11 heteroatoms. The third-order valence-corrected chi connectivity index (χ3v) is 7.90. The fraction of sp³-hybridized carbons (Fsp3) is 0.367. The van der Waals surface area contributed by atoms with Crippen molar-refractivity contribution in [3.8, 4) is 0 Å². The van der Waals surface area contributed by atoms with Gasteiger partial charge in [-0.05, 0) is 60.2 Å². The summed E-state index contributed by atoms with van der Waals surface area (Å²) >= 11 is 12.7. The van der Waals surface area contributed by atoms with Crippen molar-refractivity contribution in [2.45, 2.75) is 56.0 Å². The number of aromatic nitrogens is 2. The van der Waals surface area contributed by atoms with Gasteiger partial charge in [0.25, 0.3) is 5.91 Å². The van der Waals surface area contributed by atoms with E-state index >= 15 is 0 Å². The maximum atomic E-state index is 13.8. The molecule has 218 valence electrons. The summed E-state index contributed by atoms with van der Waals surface area (Å²) in [7, 11) is 1.69. The van der Waals surface area contributed by atoms with Gasteiger partial charge in [-0.1, -0.05) is 49.2 Å². The van der Waals surface area contributed by atoms with Gasteiger partial charge in [-0.3, -0.25) is 14.3 Å². The number of hydrogen-bond acceptors (Lipinski definition) is 3. The fourth-order valence-corrected chi connectivity index (χ4v) is 5.95. The lowest BCUT2D eigenvalue weighted by molar-refractivity contribution is -0.136. The highest BCUT2D eigenvalue weighted by Crippen LogP contribution is 2.48. The number of allylic oxidation sites excluding steroid dienone is 1. The molecular weight excluding hydrogens is 578 g/mol. The Morgan fingerprint density at radius 2 is 1.76 bits per heavy atom. The first-order valence-corrected chi connectivity index (χ1v) is 14.1. The smallest absolute Gasteiger partial charge is 0.412 e. The lowest BCUT2D eigenvalue weighted by Crippen LogP contribution is -2.26. The van der Waals surface area contributed by atoms with E-state index in [2.05, 4.69) is 5.32 Å². The molecular formula is C30H30Cl2F3N3O3. The highest BCUT2D eigenvalue weighted by atomic mass is 35.5. The highest BCUT2D eigenvalue weighted by molar-refractivity contribution is 6.30. The monoisotopic (exact) mass is 607 g/mol. The van der Waals surface area contributed by atoms with Crippen molar-refractivity contribution in [3.05, 3.63) is 92.8 Å². The van der Waals surface area contributed by atoms with E-state index in [0.717, 1.165) is 17.5 Å². The zero-order chi connectivity index (χ0) is 29.9. The SMILES string of the molecule is CCCC(c1ccc(C(=O)NCCC(=O)O)cc1)C(c1ccc(Cl)cc1)c1nn(C)c2c1C=C(C(F)(F)F)CC2Cl. The molecule has 1 heterocycles. The van der Waals surface area contributed by atoms with E-state index in [4.69, 9.17) is 33.4 Å². The Balaban J connectivity index is 1.81. The molecule has 2 N–H and O–H groups in total. The topological polar surface area (TPSA) is 84.2 Å². The molecule has 1 aliphatic rings. The molecule has 3 atom stereocenters. The van der Waals surface area contributed by atoms with Crippen LogP contribution in [0, 0.1) is 0 Å². The lowest BCUT2D eigenvalue weighted by atomic mass is 9.75. The molecule has 6 nitrogen and oxygen atoms in total. The van der Waals surface area contributed by atoms with Crippen LogP contribution in [0.25, 0.3) is 6.08 Å². The molecule has 0 saturated carbocycles. The number of fused-ring (bicyclic) bond motifs is 1. The van der Waals surface area contributed by atoms with Crippen LogP contribution in [0.4, 0.5) is 13.2 Å². The first-order valence-electron chi connectivity index (χ1n) is 13.2. The molecule has 1 amide bonds.